The molecule has 1 unspecified atom stereocenters. The van der Waals surface area contributed by atoms with Crippen LogP contribution < -0.4 is 10.6 Å². The number of esters is 2. The quantitative estimate of drug-likeness (QED) is 0.365. The highest BCUT2D eigenvalue weighted by Crippen LogP contribution is 2.38. The lowest BCUT2D eigenvalue weighted by Crippen LogP contribution is -2.50. The molecule has 11 heteroatoms. The molecule has 0 saturated heterocycles. The molecule has 7 nitrogen and oxygen atoms in total. The molecule has 0 spiro atoms. The maximum Gasteiger partial charge on any atom is 0.348 e. The van der Waals surface area contributed by atoms with Crippen LogP contribution in [0.1, 0.15) is 46.4 Å². The number of rotatable bonds is 7. The summed E-state index contributed by atoms with van der Waals surface area (Å²) >= 11 is 18.9. The number of carbonyl (C=O) groups excluding carboxylic acids is 3. The summed E-state index contributed by atoms with van der Waals surface area (Å²) in [5.74, 6) is -1.99. The monoisotopic (exact) mass is 458 g/mol. The van der Waals surface area contributed by atoms with Crippen LogP contribution in [0.5, 0.6) is 0 Å². The Morgan fingerprint density at radius 1 is 1.19 bits per heavy atom. The molecule has 0 aromatic carbocycles. The molecular weight excluding hydrogens is 439 g/mol. The van der Waals surface area contributed by atoms with Crippen LogP contribution in [-0.4, -0.2) is 41.5 Å². The Balaban J connectivity index is 3.37. The van der Waals surface area contributed by atoms with Gasteiger partial charge in [0.1, 0.15) is 16.0 Å². The number of halogens is 3. The molecule has 0 aliphatic rings. The van der Waals surface area contributed by atoms with Crippen LogP contribution in [0.25, 0.3) is 0 Å². The summed E-state index contributed by atoms with van der Waals surface area (Å²) in [5, 5.41) is 5.62. The zero-order valence-electron chi connectivity index (χ0n) is 15.4. The summed E-state index contributed by atoms with van der Waals surface area (Å²) in [5.41, 5.74) is 0.478. The molecule has 1 aromatic heterocycles. The fraction of sp³-hybridized carbons (Fsp3) is 0.562. The standard InChI is InChI=1S/C16H21Cl3N2O5S/c1-6-26-13(23)9-8(4)10(14(24)25-5)27-12(9)21-15(16(17,18)19)20-11(22)7(2)3/h7,15,21H,6H2,1-5H3,(H,20,22). The van der Waals surface area contributed by atoms with E-state index >= 15 is 0 Å². The Bertz CT molecular complexity index is 716. The SMILES string of the molecule is CCOC(=O)c1c(NC(NC(=O)C(C)C)C(Cl)(Cl)Cl)sc(C(=O)OC)c1C. The van der Waals surface area contributed by atoms with Gasteiger partial charge in [0.2, 0.25) is 9.70 Å². The van der Waals surface area contributed by atoms with Gasteiger partial charge in [-0.2, -0.15) is 0 Å². The summed E-state index contributed by atoms with van der Waals surface area (Å²) in [6, 6.07) is 0. The van der Waals surface area contributed by atoms with Crippen molar-refractivity contribution in [3.63, 3.8) is 0 Å². The van der Waals surface area contributed by atoms with Gasteiger partial charge in [-0.15, -0.1) is 11.3 Å². The Kier molecular flexibility index (Phi) is 8.66. The van der Waals surface area contributed by atoms with E-state index in [-0.39, 0.29) is 33.9 Å². The van der Waals surface area contributed by atoms with Crippen LogP contribution >= 0.6 is 46.1 Å². The first-order valence-corrected chi connectivity index (χ1v) is 9.91. The highest BCUT2D eigenvalue weighted by Gasteiger charge is 2.37. The van der Waals surface area contributed by atoms with E-state index in [1.54, 1.807) is 27.7 Å². The number of hydrogen-bond donors (Lipinski definition) is 2. The van der Waals surface area contributed by atoms with Gasteiger partial charge < -0.3 is 20.1 Å². The van der Waals surface area contributed by atoms with Crippen molar-refractivity contribution in [1.29, 1.82) is 0 Å². The third kappa shape index (κ3) is 6.14. The number of ether oxygens (including phenoxy) is 2. The number of nitrogens with one attached hydrogen (secondary N) is 2. The van der Waals surface area contributed by atoms with Gasteiger partial charge in [0.15, 0.2) is 0 Å². The van der Waals surface area contributed by atoms with Gasteiger partial charge in [-0.25, -0.2) is 9.59 Å². The highest BCUT2D eigenvalue weighted by atomic mass is 35.6. The minimum Gasteiger partial charge on any atom is -0.465 e. The second kappa shape index (κ2) is 9.82. The van der Waals surface area contributed by atoms with Gasteiger partial charge in [0.05, 0.1) is 19.3 Å². The molecule has 1 heterocycles. The van der Waals surface area contributed by atoms with Gasteiger partial charge in [0.25, 0.3) is 0 Å². The lowest BCUT2D eigenvalue weighted by atomic mass is 10.1. The minimum atomic E-state index is -1.93. The lowest BCUT2D eigenvalue weighted by Gasteiger charge is -2.28. The van der Waals surface area contributed by atoms with Crippen LogP contribution in [0, 0.1) is 12.8 Å². The van der Waals surface area contributed by atoms with Gasteiger partial charge in [0, 0.05) is 5.92 Å². The predicted octanol–water partition coefficient (Wildman–Crippen LogP) is 3.90. The molecular formula is C16H21Cl3N2O5S. The Morgan fingerprint density at radius 3 is 2.22 bits per heavy atom. The molecule has 0 aliphatic carbocycles. The van der Waals surface area contributed by atoms with Crippen molar-refractivity contribution in [1.82, 2.24) is 5.32 Å². The average Bonchev–Trinajstić information content (AvgIpc) is 2.89. The van der Waals surface area contributed by atoms with Gasteiger partial charge >= 0.3 is 11.9 Å². The van der Waals surface area contributed by atoms with E-state index in [0.29, 0.717) is 5.56 Å². The summed E-state index contributed by atoms with van der Waals surface area (Å²) < 4.78 is 7.86. The van der Waals surface area contributed by atoms with E-state index in [0.717, 1.165) is 11.3 Å². The van der Waals surface area contributed by atoms with Crippen LogP contribution in [0.4, 0.5) is 5.00 Å². The normalized spacial score (nSPS) is 12.5. The van der Waals surface area contributed by atoms with E-state index in [1.807, 2.05) is 0 Å². The smallest absolute Gasteiger partial charge is 0.348 e. The van der Waals surface area contributed by atoms with Crippen molar-refractivity contribution in [2.45, 2.75) is 37.7 Å². The number of alkyl halides is 3. The topological polar surface area (TPSA) is 93.7 Å². The summed E-state index contributed by atoms with van der Waals surface area (Å²) in [6.07, 6.45) is -1.16. The Labute approximate surface area is 176 Å². The number of carbonyl (C=O) groups is 3. The Hall–Kier alpha value is -1.22. The molecule has 0 fully saturated rings. The van der Waals surface area contributed by atoms with Crippen molar-refractivity contribution in [3.8, 4) is 0 Å². The molecule has 1 atom stereocenters. The van der Waals surface area contributed by atoms with E-state index in [4.69, 9.17) is 44.3 Å². The maximum atomic E-state index is 12.4. The van der Waals surface area contributed by atoms with Crippen LogP contribution in [0.2, 0.25) is 0 Å². The largest absolute Gasteiger partial charge is 0.465 e. The molecule has 0 radical (unpaired) electrons. The summed E-state index contributed by atoms with van der Waals surface area (Å²) in [7, 11) is 1.23. The van der Waals surface area contributed by atoms with E-state index in [9.17, 15) is 14.4 Å². The Morgan fingerprint density at radius 2 is 1.78 bits per heavy atom. The lowest BCUT2D eigenvalue weighted by molar-refractivity contribution is -0.124. The van der Waals surface area contributed by atoms with Gasteiger partial charge in [-0.3, -0.25) is 4.79 Å². The van der Waals surface area contributed by atoms with Crippen LogP contribution in [-0.2, 0) is 14.3 Å². The zero-order chi connectivity index (χ0) is 20.9. The number of methoxy groups -OCH3 is 1. The van der Waals surface area contributed by atoms with E-state index < -0.39 is 21.9 Å². The average molecular weight is 460 g/mol. The van der Waals surface area contributed by atoms with E-state index in [2.05, 4.69) is 10.6 Å². The van der Waals surface area contributed by atoms with Crippen molar-refractivity contribution in [3.05, 3.63) is 16.0 Å². The molecule has 1 rings (SSSR count). The number of anilines is 1. The number of hydrogen-bond acceptors (Lipinski definition) is 7. The van der Waals surface area contributed by atoms with E-state index in [1.165, 1.54) is 7.11 Å². The fourth-order valence-corrected chi connectivity index (χ4v) is 3.46. The first-order valence-electron chi connectivity index (χ1n) is 7.96. The number of thiophene rings is 1. The fourth-order valence-electron chi connectivity index (χ4n) is 1.99. The molecule has 1 aromatic rings. The molecule has 2 N–H and O–H groups in total. The molecule has 0 aliphatic heterocycles. The van der Waals surface area contributed by atoms with Crippen molar-refractivity contribution in [2.75, 3.05) is 19.0 Å². The van der Waals surface area contributed by atoms with Gasteiger partial charge in [-0.1, -0.05) is 48.7 Å². The third-order valence-corrected chi connectivity index (χ3v) is 5.27. The molecule has 0 saturated carbocycles. The molecule has 152 valence electrons. The predicted molar refractivity (Wildman–Crippen MR) is 107 cm³/mol. The first-order chi connectivity index (χ1) is 12.4. The molecule has 27 heavy (non-hydrogen) atoms. The minimum absolute atomic E-state index is 0.111. The third-order valence-electron chi connectivity index (χ3n) is 3.41. The second-order valence-corrected chi connectivity index (χ2v) is 9.14. The second-order valence-electron chi connectivity index (χ2n) is 5.75. The highest BCUT2D eigenvalue weighted by molar-refractivity contribution is 7.18. The summed E-state index contributed by atoms with van der Waals surface area (Å²) in [4.78, 5) is 36.6. The van der Waals surface area contributed by atoms with Crippen LogP contribution in [0.15, 0.2) is 0 Å². The van der Waals surface area contributed by atoms with Crippen molar-refractivity contribution >= 4 is 69.0 Å². The van der Waals surface area contributed by atoms with Crippen molar-refractivity contribution < 1.29 is 23.9 Å². The maximum absolute atomic E-state index is 12.4. The van der Waals surface area contributed by atoms with Crippen molar-refractivity contribution in [2.24, 2.45) is 5.92 Å². The number of amides is 1. The zero-order valence-corrected chi connectivity index (χ0v) is 18.5. The summed E-state index contributed by atoms with van der Waals surface area (Å²) in [6.45, 7) is 6.73. The van der Waals surface area contributed by atoms with Crippen LogP contribution in [0.3, 0.4) is 0 Å². The molecule has 1 amide bonds. The van der Waals surface area contributed by atoms with Gasteiger partial charge in [-0.05, 0) is 19.4 Å². The molecule has 0 bridgehead atoms. The first kappa shape index (κ1) is 23.8.